The van der Waals surface area contributed by atoms with Gasteiger partial charge < -0.3 is 19.9 Å². The van der Waals surface area contributed by atoms with Crippen molar-refractivity contribution in [3.63, 3.8) is 0 Å². The number of aliphatic hydroxyl groups is 1. The van der Waals surface area contributed by atoms with Crippen LogP contribution in [-0.4, -0.2) is 31.5 Å². The molecule has 154 valence electrons. The first-order valence-electron chi connectivity index (χ1n) is 9.68. The number of ether oxygens (including phenoxy) is 2. The van der Waals surface area contributed by atoms with Crippen LogP contribution in [0.4, 0.5) is 4.79 Å². The van der Waals surface area contributed by atoms with E-state index in [1.54, 1.807) is 13.2 Å². The topological polar surface area (TPSA) is 67.8 Å². The quantitative estimate of drug-likeness (QED) is 0.533. The third-order valence-corrected chi connectivity index (χ3v) is 5.88. The van der Waals surface area contributed by atoms with Gasteiger partial charge in [-0.3, -0.25) is 0 Å². The molecule has 1 atom stereocenters. The summed E-state index contributed by atoms with van der Waals surface area (Å²) < 4.78 is 11.8. The molecule has 3 aromatic carbocycles. The van der Waals surface area contributed by atoms with Crippen molar-refractivity contribution in [2.75, 3.05) is 20.3 Å². The van der Waals surface area contributed by atoms with Gasteiger partial charge in [-0.15, -0.1) is 0 Å². The van der Waals surface area contributed by atoms with Gasteiger partial charge in [0.05, 0.1) is 19.8 Å². The van der Waals surface area contributed by atoms with Gasteiger partial charge in [-0.1, -0.05) is 64.5 Å². The van der Waals surface area contributed by atoms with Crippen molar-refractivity contribution >= 4 is 22.0 Å². The van der Waals surface area contributed by atoms with Gasteiger partial charge in [-0.2, -0.15) is 0 Å². The summed E-state index contributed by atoms with van der Waals surface area (Å²) in [5, 5.41) is 12.6. The van der Waals surface area contributed by atoms with E-state index in [9.17, 15) is 9.90 Å². The Bertz CT molecular complexity index is 1020. The van der Waals surface area contributed by atoms with Crippen LogP contribution in [0, 0.1) is 0 Å². The number of fused-ring (bicyclic) bond motifs is 3. The van der Waals surface area contributed by atoms with Crippen molar-refractivity contribution in [2.24, 2.45) is 0 Å². The van der Waals surface area contributed by atoms with Gasteiger partial charge >= 0.3 is 6.09 Å². The van der Waals surface area contributed by atoms with E-state index in [0.717, 1.165) is 15.6 Å². The second kappa shape index (κ2) is 8.90. The molecule has 5 nitrogen and oxygen atoms in total. The fourth-order valence-corrected chi connectivity index (χ4v) is 4.36. The third-order valence-electron chi connectivity index (χ3n) is 5.39. The average Bonchev–Trinajstić information content (AvgIpc) is 3.10. The van der Waals surface area contributed by atoms with Gasteiger partial charge in [-0.25, -0.2) is 4.79 Å². The molecule has 1 aliphatic rings. The maximum Gasteiger partial charge on any atom is 0.407 e. The highest BCUT2D eigenvalue weighted by Gasteiger charge is 2.29. The van der Waals surface area contributed by atoms with E-state index >= 15 is 0 Å². The molecule has 0 aromatic heterocycles. The fourth-order valence-electron chi connectivity index (χ4n) is 3.98. The molecule has 0 saturated carbocycles. The van der Waals surface area contributed by atoms with Crippen LogP contribution in [0.1, 0.15) is 28.7 Å². The Labute approximate surface area is 183 Å². The zero-order chi connectivity index (χ0) is 21.1. The van der Waals surface area contributed by atoms with Crippen LogP contribution in [0.15, 0.2) is 71.2 Å². The van der Waals surface area contributed by atoms with Crippen LogP contribution < -0.4 is 10.1 Å². The molecule has 0 saturated heterocycles. The van der Waals surface area contributed by atoms with Crippen LogP contribution in [0.25, 0.3) is 11.1 Å². The number of hydrogen-bond donors (Lipinski definition) is 2. The van der Waals surface area contributed by atoms with E-state index in [4.69, 9.17) is 9.47 Å². The van der Waals surface area contributed by atoms with E-state index < -0.39 is 12.1 Å². The first-order chi connectivity index (χ1) is 14.6. The molecular weight excluding hydrogens is 446 g/mol. The lowest BCUT2D eigenvalue weighted by Gasteiger charge is -2.20. The molecule has 0 spiro atoms. The number of amides is 1. The molecule has 3 aromatic rings. The Kier molecular flexibility index (Phi) is 6.06. The van der Waals surface area contributed by atoms with Crippen molar-refractivity contribution < 1.29 is 19.4 Å². The minimum Gasteiger partial charge on any atom is -0.496 e. The highest BCUT2D eigenvalue weighted by Crippen LogP contribution is 2.44. The molecule has 1 amide bonds. The number of aliphatic hydroxyl groups excluding tert-OH is 1. The molecule has 0 fully saturated rings. The second-order valence-corrected chi connectivity index (χ2v) is 8.01. The maximum absolute atomic E-state index is 12.6. The van der Waals surface area contributed by atoms with Gasteiger partial charge in [0.2, 0.25) is 0 Å². The number of benzene rings is 3. The number of rotatable bonds is 6. The van der Waals surface area contributed by atoms with Crippen LogP contribution in [-0.2, 0) is 4.74 Å². The number of hydrogen-bond acceptors (Lipinski definition) is 4. The van der Waals surface area contributed by atoms with E-state index in [1.165, 1.54) is 11.1 Å². The lowest BCUT2D eigenvalue weighted by atomic mass is 9.98. The number of alkyl carbamates (subject to hydrolysis) is 1. The first-order valence-corrected chi connectivity index (χ1v) is 10.5. The standard InChI is InChI=1S/C24H22BrNO4/c1-29-23-11-10-15(25)12-20(23)22(13-27)26-24(28)30-14-21-18-8-4-2-6-16(18)17-7-3-5-9-19(17)21/h2-12,21-22,27H,13-14H2,1H3,(H,26,28). The van der Waals surface area contributed by atoms with E-state index in [0.29, 0.717) is 11.3 Å². The van der Waals surface area contributed by atoms with Crippen molar-refractivity contribution in [1.29, 1.82) is 0 Å². The van der Waals surface area contributed by atoms with E-state index in [2.05, 4.69) is 45.5 Å². The normalized spacial score (nSPS) is 13.3. The Morgan fingerprint density at radius 1 is 1.07 bits per heavy atom. The number of nitrogens with one attached hydrogen (secondary N) is 1. The average molecular weight is 468 g/mol. The number of carbonyl (C=O) groups excluding carboxylic acids is 1. The number of methoxy groups -OCH3 is 1. The Balaban J connectivity index is 1.48. The van der Waals surface area contributed by atoms with Crippen molar-refractivity contribution in [2.45, 2.75) is 12.0 Å². The van der Waals surface area contributed by atoms with E-state index in [-0.39, 0.29) is 19.1 Å². The summed E-state index contributed by atoms with van der Waals surface area (Å²) in [6.07, 6.45) is -0.585. The lowest BCUT2D eigenvalue weighted by molar-refractivity contribution is 0.132. The zero-order valence-corrected chi connectivity index (χ0v) is 18.1. The second-order valence-electron chi connectivity index (χ2n) is 7.09. The van der Waals surface area contributed by atoms with Crippen molar-refractivity contribution in [3.8, 4) is 16.9 Å². The summed E-state index contributed by atoms with van der Waals surface area (Å²) in [5.74, 6) is 0.562. The number of carbonyl (C=O) groups is 1. The van der Waals surface area contributed by atoms with Gasteiger partial charge in [0, 0.05) is 16.0 Å². The predicted octanol–water partition coefficient (Wildman–Crippen LogP) is 5.03. The highest BCUT2D eigenvalue weighted by molar-refractivity contribution is 9.10. The summed E-state index contributed by atoms with van der Waals surface area (Å²) in [6.45, 7) is -0.0648. The van der Waals surface area contributed by atoms with E-state index in [1.807, 2.05) is 36.4 Å². The molecule has 6 heteroatoms. The predicted molar refractivity (Wildman–Crippen MR) is 119 cm³/mol. The molecule has 1 unspecified atom stereocenters. The molecular formula is C24H22BrNO4. The molecule has 0 aliphatic heterocycles. The van der Waals surface area contributed by atoms with Gasteiger partial charge in [0.15, 0.2) is 0 Å². The smallest absolute Gasteiger partial charge is 0.407 e. The van der Waals surface area contributed by atoms with Gasteiger partial charge in [-0.05, 0) is 40.5 Å². The molecule has 4 rings (SSSR count). The van der Waals surface area contributed by atoms with Gasteiger partial charge in [0.25, 0.3) is 0 Å². The highest BCUT2D eigenvalue weighted by atomic mass is 79.9. The van der Waals surface area contributed by atoms with Crippen molar-refractivity contribution in [3.05, 3.63) is 87.9 Å². The van der Waals surface area contributed by atoms with Gasteiger partial charge in [0.1, 0.15) is 12.4 Å². The monoisotopic (exact) mass is 467 g/mol. The fraction of sp³-hybridized carbons (Fsp3) is 0.208. The summed E-state index contributed by atoms with van der Waals surface area (Å²) >= 11 is 3.41. The lowest BCUT2D eigenvalue weighted by Crippen LogP contribution is -2.32. The molecule has 30 heavy (non-hydrogen) atoms. The minimum absolute atomic E-state index is 0.0175. The first kappa shape index (κ1) is 20.4. The Hall–Kier alpha value is -2.83. The summed E-state index contributed by atoms with van der Waals surface area (Å²) in [5.41, 5.74) is 5.32. The summed E-state index contributed by atoms with van der Waals surface area (Å²) in [6, 6.07) is 21.1. The van der Waals surface area contributed by atoms with Crippen LogP contribution >= 0.6 is 15.9 Å². The Morgan fingerprint density at radius 2 is 1.70 bits per heavy atom. The SMILES string of the molecule is COc1ccc(Br)cc1C(CO)NC(=O)OCC1c2ccccc2-c2ccccc21. The van der Waals surface area contributed by atoms with Crippen LogP contribution in [0.5, 0.6) is 5.75 Å². The minimum atomic E-state index is -0.645. The zero-order valence-electron chi connectivity index (χ0n) is 16.5. The molecule has 0 heterocycles. The summed E-state index contributed by atoms with van der Waals surface area (Å²) in [7, 11) is 1.55. The third kappa shape index (κ3) is 3.93. The molecule has 0 radical (unpaired) electrons. The summed E-state index contributed by atoms with van der Waals surface area (Å²) in [4.78, 5) is 12.6. The maximum atomic E-state index is 12.6. The van der Waals surface area contributed by atoms with Crippen LogP contribution in [0.3, 0.4) is 0 Å². The van der Waals surface area contributed by atoms with Crippen LogP contribution in [0.2, 0.25) is 0 Å². The van der Waals surface area contributed by atoms with Crippen molar-refractivity contribution in [1.82, 2.24) is 5.32 Å². The molecule has 2 N–H and O–H groups in total. The number of halogens is 1. The molecule has 1 aliphatic carbocycles. The molecule has 0 bridgehead atoms. The Morgan fingerprint density at radius 3 is 2.30 bits per heavy atom. The largest absolute Gasteiger partial charge is 0.496 e.